The molecule has 118 valence electrons. The van der Waals surface area contributed by atoms with E-state index >= 15 is 0 Å². The van der Waals surface area contributed by atoms with Gasteiger partial charge in [-0.1, -0.05) is 19.9 Å². The third-order valence-corrected chi connectivity index (χ3v) is 3.93. The van der Waals surface area contributed by atoms with Crippen LogP contribution in [-0.4, -0.2) is 43.2 Å². The van der Waals surface area contributed by atoms with Gasteiger partial charge in [0.05, 0.1) is 12.3 Å². The topological polar surface area (TPSA) is 37.4 Å². The molecule has 4 heteroatoms. The fourth-order valence-electron chi connectivity index (χ4n) is 2.82. The molecule has 1 aliphatic heterocycles. The first-order valence-corrected chi connectivity index (χ1v) is 8.03. The van der Waals surface area contributed by atoms with E-state index in [9.17, 15) is 0 Å². The van der Waals surface area contributed by atoms with E-state index in [1.54, 1.807) is 7.11 Å². The zero-order valence-corrected chi connectivity index (χ0v) is 13.6. The number of hydrogen-bond donors (Lipinski definition) is 1. The van der Waals surface area contributed by atoms with Gasteiger partial charge in [-0.15, -0.1) is 0 Å². The number of nitrogens with one attached hydrogen (secondary N) is 1. The lowest BCUT2D eigenvalue weighted by Crippen LogP contribution is -2.22. The minimum absolute atomic E-state index is 0.687. The molecule has 1 aliphatic rings. The number of ether oxygens (including phenoxy) is 1. The first-order valence-electron chi connectivity index (χ1n) is 8.03. The molecular weight excluding hydrogens is 262 g/mol. The number of rotatable bonds is 8. The lowest BCUT2D eigenvalue weighted by molar-refractivity contribution is 0.152. The van der Waals surface area contributed by atoms with Gasteiger partial charge in [0.25, 0.3) is 0 Å². The molecule has 0 aliphatic carbocycles. The highest BCUT2D eigenvalue weighted by molar-refractivity contribution is 5.14. The lowest BCUT2D eigenvalue weighted by atomic mass is 10.1. The van der Waals surface area contributed by atoms with Crippen LogP contribution in [0.25, 0.3) is 0 Å². The summed E-state index contributed by atoms with van der Waals surface area (Å²) in [4.78, 5) is 7.07. The van der Waals surface area contributed by atoms with Crippen LogP contribution in [0.5, 0.6) is 0 Å². The average molecular weight is 291 g/mol. The molecule has 0 saturated carbocycles. The lowest BCUT2D eigenvalue weighted by Gasteiger charge is -2.15. The van der Waals surface area contributed by atoms with Crippen LogP contribution in [0.1, 0.15) is 31.5 Å². The molecule has 1 unspecified atom stereocenters. The fraction of sp³-hybridized carbons (Fsp3) is 0.706. The van der Waals surface area contributed by atoms with Crippen molar-refractivity contribution in [1.82, 2.24) is 15.2 Å². The number of likely N-dealkylation sites (tertiary alicyclic amines) is 1. The zero-order valence-electron chi connectivity index (χ0n) is 13.6. The van der Waals surface area contributed by atoms with E-state index in [0.29, 0.717) is 11.8 Å². The molecule has 2 rings (SSSR count). The van der Waals surface area contributed by atoms with Crippen molar-refractivity contribution in [3.8, 4) is 0 Å². The summed E-state index contributed by atoms with van der Waals surface area (Å²) in [7, 11) is 1.79. The summed E-state index contributed by atoms with van der Waals surface area (Å²) in [5, 5.41) is 3.45. The van der Waals surface area contributed by atoms with Crippen LogP contribution < -0.4 is 5.32 Å². The minimum Gasteiger partial charge on any atom is -0.384 e. The molecule has 1 aromatic heterocycles. The predicted octanol–water partition coefficient (Wildman–Crippen LogP) is 2.30. The maximum absolute atomic E-state index is 5.25. The van der Waals surface area contributed by atoms with Crippen molar-refractivity contribution in [3.63, 3.8) is 0 Å². The molecule has 1 atom stereocenters. The third-order valence-electron chi connectivity index (χ3n) is 3.93. The Morgan fingerprint density at radius 2 is 2.29 bits per heavy atom. The normalized spacial score (nSPS) is 19.5. The Hall–Kier alpha value is -0.970. The van der Waals surface area contributed by atoms with E-state index in [-0.39, 0.29) is 0 Å². The number of nitrogens with zero attached hydrogens (tertiary/aromatic N) is 2. The summed E-state index contributed by atoms with van der Waals surface area (Å²) in [5.74, 6) is 1.38. The van der Waals surface area contributed by atoms with Gasteiger partial charge >= 0.3 is 0 Å². The molecular formula is C17H29N3O. The second kappa shape index (κ2) is 8.47. The Labute approximate surface area is 128 Å². The van der Waals surface area contributed by atoms with Crippen LogP contribution in [-0.2, 0) is 17.8 Å². The third kappa shape index (κ3) is 5.73. The van der Waals surface area contributed by atoms with Gasteiger partial charge in [-0.3, -0.25) is 9.88 Å². The van der Waals surface area contributed by atoms with Crippen LogP contribution >= 0.6 is 0 Å². The van der Waals surface area contributed by atoms with Crippen molar-refractivity contribution in [2.24, 2.45) is 11.8 Å². The Morgan fingerprint density at radius 3 is 2.95 bits per heavy atom. The number of pyridine rings is 1. The molecule has 4 nitrogen and oxygen atoms in total. The summed E-state index contributed by atoms with van der Waals surface area (Å²) >= 11 is 0. The Kier molecular flexibility index (Phi) is 6.61. The Morgan fingerprint density at radius 1 is 1.43 bits per heavy atom. The second-order valence-corrected chi connectivity index (χ2v) is 6.53. The number of methoxy groups -OCH3 is 1. The first kappa shape index (κ1) is 16.4. The van der Waals surface area contributed by atoms with E-state index in [2.05, 4.69) is 41.2 Å². The highest BCUT2D eigenvalue weighted by Crippen LogP contribution is 2.18. The summed E-state index contributed by atoms with van der Waals surface area (Å²) < 4.78 is 5.25. The minimum atomic E-state index is 0.687. The molecule has 0 amide bonds. The van der Waals surface area contributed by atoms with Crippen LogP contribution in [0.2, 0.25) is 0 Å². The molecule has 2 heterocycles. The average Bonchev–Trinajstić information content (AvgIpc) is 2.88. The molecule has 0 radical (unpaired) electrons. The highest BCUT2D eigenvalue weighted by atomic mass is 16.5. The molecule has 21 heavy (non-hydrogen) atoms. The molecule has 0 spiro atoms. The quantitative estimate of drug-likeness (QED) is 0.797. The summed E-state index contributed by atoms with van der Waals surface area (Å²) in [6.45, 7) is 10.5. The molecule has 0 aromatic carbocycles. The molecule has 1 N–H and O–H groups in total. The monoisotopic (exact) mass is 291 g/mol. The van der Waals surface area contributed by atoms with Crippen molar-refractivity contribution < 1.29 is 4.74 Å². The van der Waals surface area contributed by atoms with E-state index in [0.717, 1.165) is 39.3 Å². The van der Waals surface area contributed by atoms with Gasteiger partial charge in [0, 0.05) is 32.9 Å². The first-order chi connectivity index (χ1) is 10.2. The highest BCUT2D eigenvalue weighted by Gasteiger charge is 2.22. The van der Waals surface area contributed by atoms with Gasteiger partial charge in [-0.05, 0) is 43.0 Å². The molecule has 1 fully saturated rings. The van der Waals surface area contributed by atoms with Crippen molar-refractivity contribution in [3.05, 3.63) is 29.6 Å². The van der Waals surface area contributed by atoms with Crippen LogP contribution in [0, 0.1) is 11.8 Å². The zero-order chi connectivity index (χ0) is 15.1. The largest absolute Gasteiger partial charge is 0.384 e. The Balaban J connectivity index is 1.75. The standard InChI is InChI=1S/C17H29N3O/c1-14(2)8-18-9-15-4-5-17(19-10-15)12-20-7-6-16(11-20)13-21-3/h4-5,10,14,16,18H,6-9,11-13H2,1-3H3. The van der Waals surface area contributed by atoms with E-state index in [1.807, 2.05) is 6.20 Å². The number of aromatic nitrogens is 1. The van der Waals surface area contributed by atoms with Crippen molar-refractivity contribution in [1.29, 1.82) is 0 Å². The van der Waals surface area contributed by atoms with Gasteiger partial charge < -0.3 is 10.1 Å². The smallest absolute Gasteiger partial charge is 0.0544 e. The summed E-state index contributed by atoms with van der Waals surface area (Å²) in [6.07, 6.45) is 3.25. The van der Waals surface area contributed by atoms with Crippen molar-refractivity contribution in [2.75, 3.05) is 33.4 Å². The predicted molar refractivity (Wildman–Crippen MR) is 86.0 cm³/mol. The molecule has 0 bridgehead atoms. The van der Waals surface area contributed by atoms with Crippen LogP contribution in [0.4, 0.5) is 0 Å². The van der Waals surface area contributed by atoms with E-state index < -0.39 is 0 Å². The Bertz CT molecular complexity index is 405. The van der Waals surface area contributed by atoms with Gasteiger partial charge in [-0.25, -0.2) is 0 Å². The van der Waals surface area contributed by atoms with Gasteiger partial charge in [0.2, 0.25) is 0 Å². The maximum Gasteiger partial charge on any atom is 0.0544 e. The fourth-order valence-corrected chi connectivity index (χ4v) is 2.82. The van der Waals surface area contributed by atoms with Crippen molar-refractivity contribution >= 4 is 0 Å². The van der Waals surface area contributed by atoms with Crippen molar-refractivity contribution in [2.45, 2.75) is 33.4 Å². The van der Waals surface area contributed by atoms with Gasteiger partial charge in [0.15, 0.2) is 0 Å². The molecule has 1 saturated heterocycles. The van der Waals surface area contributed by atoms with Crippen LogP contribution in [0.3, 0.4) is 0 Å². The maximum atomic E-state index is 5.25. The summed E-state index contributed by atoms with van der Waals surface area (Å²) in [5.41, 5.74) is 2.43. The summed E-state index contributed by atoms with van der Waals surface area (Å²) in [6, 6.07) is 4.36. The second-order valence-electron chi connectivity index (χ2n) is 6.53. The van der Waals surface area contributed by atoms with Crippen LogP contribution in [0.15, 0.2) is 18.3 Å². The van der Waals surface area contributed by atoms with E-state index in [4.69, 9.17) is 4.74 Å². The number of hydrogen-bond acceptors (Lipinski definition) is 4. The molecule has 1 aromatic rings. The van der Waals surface area contributed by atoms with Gasteiger partial charge in [-0.2, -0.15) is 0 Å². The van der Waals surface area contributed by atoms with E-state index in [1.165, 1.54) is 17.7 Å². The SMILES string of the molecule is COCC1CCN(Cc2ccc(CNCC(C)C)cn2)C1. The van der Waals surface area contributed by atoms with Gasteiger partial charge in [0.1, 0.15) is 0 Å².